The molecule has 0 spiro atoms. The van der Waals surface area contributed by atoms with Gasteiger partial charge in [0.1, 0.15) is 11.6 Å². The van der Waals surface area contributed by atoms with Gasteiger partial charge in [-0.15, -0.1) is 23.2 Å². The van der Waals surface area contributed by atoms with E-state index in [0.717, 1.165) is 11.3 Å². The zero-order chi connectivity index (χ0) is 15.1. The predicted molar refractivity (Wildman–Crippen MR) is 86.1 cm³/mol. The molecule has 21 heavy (non-hydrogen) atoms. The first-order valence-electron chi connectivity index (χ1n) is 6.76. The zero-order valence-corrected chi connectivity index (χ0v) is 13.1. The van der Waals surface area contributed by atoms with Crippen LogP contribution in [0, 0.1) is 5.82 Å². The molecule has 0 saturated carbocycles. The molecule has 2 aromatic rings. The third-order valence-corrected chi connectivity index (χ3v) is 4.58. The number of hydrogen-bond donors (Lipinski definition) is 0. The third-order valence-electron chi connectivity index (χ3n) is 3.56. The highest BCUT2D eigenvalue weighted by molar-refractivity contribution is 6.22. The monoisotopic (exact) mass is 326 g/mol. The maximum absolute atomic E-state index is 13.1. The number of hydrogen-bond acceptors (Lipinski definition) is 1. The summed E-state index contributed by atoms with van der Waals surface area (Å²) in [5.41, 5.74) is 0.525. The fourth-order valence-corrected chi connectivity index (χ4v) is 3.01. The van der Waals surface area contributed by atoms with E-state index in [1.54, 1.807) is 12.1 Å². The smallest absolute Gasteiger partial charge is 0.123 e. The van der Waals surface area contributed by atoms with Gasteiger partial charge in [0.15, 0.2) is 0 Å². The lowest BCUT2D eigenvalue weighted by Crippen LogP contribution is -2.32. The summed E-state index contributed by atoms with van der Waals surface area (Å²) in [5.74, 6) is 1.27. The average molecular weight is 327 g/mol. The van der Waals surface area contributed by atoms with E-state index in [2.05, 4.69) is 0 Å². The van der Waals surface area contributed by atoms with Crippen molar-refractivity contribution in [2.75, 3.05) is 18.4 Å². The highest BCUT2D eigenvalue weighted by Crippen LogP contribution is 2.31. The first kappa shape index (κ1) is 16.1. The van der Waals surface area contributed by atoms with Crippen LogP contribution in [0.1, 0.15) is 12.0 Å². The maximum atomic E-state index is 13.1. The quantitative estimate of drug-likeness (QED) is 0.650. The number of para-hydroxylation sites is 1. The second kappa shape index (κ2) is 7.67. The maximum Gasteiger partial charge on any atom is 0.123 e. The van der Waals surface area contributed by atoms with Gasteiger partial charge in [0.2, 0.25) is 0 Å². The van der Waals surface area contributed by atoms with Crippen LogP contribution in [-0.4, -0.2) is 18.4 Å². The lowest BCUT2D eigenvalue weighted by molar-refractivity contribution is 0.275. The van der Waals surface area contributed by atoms with Crippen LogP contribution in [0.4, 0.5) is 4.39 Å². The van der Waals surface area contributed by atoms with Crippen LogP contribution in [0.2, 0.25) is 0 Å². The summed E-state index contributed by atoms with van der Waals surface area (Å²) >= 11 is 12.3. The molecule has 0 heterocycles. The normalized spacial score (nSPS) is 11.4. The van der Waals surface area contributed by atoms with Gasteiger partial charge < -0.3 is 4.74 Å². The van der Waals surface area contributed by atoms with Crippen LogP contribution in [0.25, 0.3) is 0 Å². The average Bonchev–Trinajstić information content (AvgIpc) is 2.54. The van der Waals surface area contributed by atoms with Crippen molar-refractivity contribution in [2.45, 2.75) is 11.8 Å². The van der Waals surface area contributed by atoms with Gasteiger partial charge in [0.25, 0.3) is 0 Å². The minimum Gasteiger partial charge on any atom is -0.494 e. The molecule has 0 aromatic heterocycles. The molecule has 0 N–H and O–H groups in total. The molecule has 112 valence electrons. The summed E-state index contributed by atoms with van der Waals surface area (Å²) in [6.45, 7) is 0.501. The number of ether oxygens (including phenoxy) is 1. The molecule has 0 amide bonds. The van der Waals surface area contributed by atoms with Crippen molar-refractivity contribution >= 4 is 23.2 Å². The first-order valence-corrected chi connectivity index (χ1v) is 7.83. The van der Waals surface area contributed by atoms with Crippen molar-refractivity contribution < 1.29 is 9.13 Å². The standard InChI is InChI=1S/C17H17Cl2FO/c18-12-17(13-19,14-6-8-15(20)9-7-14)10-11-21-16-4-2-1-3-5-16/h1-9H,10-13H2. The lowest BCUT2D eigenvalue weighted by Gasteiger charge is -2.30. The van der Waals surface area contributed by atoms with Crippen LogP contribution < -0.4 is 4.74 Å². The Hall–Kier alpha value is -1.25. The summed E-state index contributed by atoms with van der Waals surface area (Å²) in [7, 11) is 0. The molecule has 0 aliphatic carbocycles. The number of alkyl halides is 2. The van der Waals surface area contributed by atoms with E-state index in [0.29, 0.717) is 24.8 Å². The lowest BCUT2D eigenvalue weighted by atomic mass is 9.81. The largest absolute Gasteiger partial charge is 0.494 e. The second-order valence-corrected chi connectivity index (χ2v) is 5.50. The van der Waals surface area contributed by atoms with Crippen molar-refractivity contribution in [3.63, 3.8) is 0 Å². The predicted octanol–water partition coefficient (Wildman–Crippen LogP) is 5.01. The van der Waals surface area contributed by atoms with Crippen LogP contribution in [0.5, 0.6) is 5.75 Å². The summed E-state index contributed by atoms with van der Waals surface area (Å²) in [4.78, 5) is 0. The molecule has 4 heteroatoms. The Morgan fingerprint density at radius 3 is 2.10 bits per heavy atom. The van der Waals surface area contributed by atoms with Gasteiger partial charge in [0, 0.05) is 17.2 Å². The van der Waals surface area contributed by atoms with Gasteiger partial charge in [-0.3, -0.25) is 0 Å². The molecule has 0 radical (unpaired) electrons. The highest BCUT2D eigenvalue weighted by Gasteiger charge is 2.30. The van der Waals surface area contributed by atoms with E-state index in [1.807, 2.05) is 30.3 Å². The Balaban J connectivity index is 2.06. The van der Waals surface area contributed by atoms with E-state index in [9.17, 15) is 4.39 Å². The topological polar surface area (TPSA) is 9.23 Å². The van der Waals surface area contributed by atoms with Crippen LogP contribution in [0.15, 0.2) is 54.6 Å². The first-order chi connectivity index (χ1) is 10.2. The Bertz CT molecular complexity index is 538. The van der Waals surface area contributed by atoms with Crippen LogP contribution in [-0.2, 0) is 5.41 Å². The SMILES string of the molecule is Fc1ccc(C(CCl)(CCl)CCOc2ccccc2)cc1. The summed E-state index contributed by atoms with van der Waals surface area (Å²) < 4.78 is 18.8. The van der Waals surface area contributed by atoms with Gasteiger partial charge >= 0.3 is 0 Å². The van der Waals surface area contributed by atoms with Crippen LogP contribution >= 0.6 is 23.2 Å². The molecule has 0 bridgehead atoms. The number of benzene rings is 2. The Labute approximate surface area is 134 Å². The molecule has 0 fully saturated rings. The molecular formula is C17H17Cl2FO. The van der Waals surface area contributed by atoms with Crippen molar-refractivity contribution in [1.82, 2.24) is 0 Å². The van der Waals surface area contributed by atoms with Gasteiger partial charge in [-0.25, -0.2) is 4.39 Å². The number of halogens is 3. The minimum absolute atomic E-state index is 0.266. The molecule has 0 aliphatic heterocycles. The van der Waals surface area contributed by atoms with Gasteiger partial charge in [0.05, 0.1) is 6.61 Å². The Morgan fingerprint density at radius 1 is 0.905 bits per heavy atom. The molecule has 0 saturated heterocycles. The van der Waals surface area contributed by atoms with Gasteiger partial charge in [-0.05, 0) is 36.2 Å². The van der Waals surface area contributed by atoms with Crippen molar-refractivity contribution in [3.05, 3.63) is 66.0 Å². The van der Waals surface area contributed by atoms with E-state index in [1.165, 1.54) is 12.1 Å². The van der Waals surface area contributed by atoms with Crippen molar-refractivity contribution in [1.29, 1.82) is 0 Å². The highest BCUT2D eigenvalue weighted by atomic mass is 35.5. The van der Waals surface area contributed by atoms with Crippen molar-refractivity contribution in [3.8, 4) is 5.75 Å². The summed E-state index contributed by atoms with van der Waals surface area (Å²) in [5, 5.41) is 0. The molecule has 2 rings (SSSR count). The Kier molecular flexibility index (Phi) is 5.89. The van der Waals surface area contributed by atoms with E-state index in [-0.39, 0.29) is 5.82 Å². The van der Waals surface area contributed by atoms with Crippen LogP contribution in [0.3, 0.4) is 0 Å². The second-order valence-electron chi connectivity index (χ2n) is 4.97. The third kappa shape index (κ3) is 4.12. The molecule has 0 unspecified atom stereocenters. The molecule has 0 atom stereocenters. The number of rotatable bonds is 7. The molecule has 0 aliphatic rings. The molecule has 2 aromatic carbocycles. The summed E-state index contributed by atoms with van der Waals surface area (Å²) in [6.07, 6.45) is 0.667. The van der Waals surface area contributed by atoms with Gasteiger partial charge in [-0.1, -0.05) is 30.3 Å². The minimum atomic E-state index is -0.411. The molecular weight excluding hydrogens is 310 g/mol. The van der Waals surface area contributed by atoms with Gasteiger partial charge in [-0.2, -0.15) is 0 Å². The Morgan fingerprint density at radius 2 is 1.52 bits per heavy atom. The van der Waals surface area contributed by atoms with E-state index < -0.39 is 5.41 Å². The fraction of sp³-hybridized carbons (Fsp3) is 0.294. The van der Waals surface area contributed by atoms with Crippen molar-refractivity contribution in [2.24, 2.45) is 0 Å². The van der Waals surface area contributed by atoms with E-state index >= 15 is 0 Å². The summed E-state index contributed by atoms with van der Waals surface area (Å²) in [6, 6.07) is 15.9. The molecule has 1 nitrogen and oxygen atoms in total. The fourth-order valence-electron chi connectivity index (χ4n) is 2.15. The van der Waals surface area contributed by atoms with E-state index in [4.69, 9.17) is 27.9 Å². The zero-order valence-electron chi connectivity index (χ0n) is 11.6.